The number of carboxylic acid groups (broad SMARTS) is 1. The van der Waals surface area contributed by atoms with Crippen LogP contribution in [0.1, 0.15) is 22.3 Å². The number of carboxylic acids is 1. The molecule has 1 N–H and O–H groups in total. The summed E-state index contributed by atoms with van der Waals surface area (Å²) < 4.78 is 62.1. The molecule has 0 atom stereocenters. The van der Waals surface area contributed by atoms with Crippen molar-refractivity contribution in [2.75, 3.05) is 28.8 Å². The van der Waals surface area contributed by atoms with E-state index in [1.807, 2.05) is 6.92 Å². The Morgan fingerprint density at radius 2 is 1.65 bits per heavy atom. The summed E-state index contributed by atoms with van der Waals surface area (Å²) in [5.41, 5.74) is 2.79. The number of ether oxygens (including phenoxy) is 1. The standard InChI is InChI=1S/C26H28N2O7S2/c1-17-13-18(2)26(19(3)14-17)37(33,34)28(16-25(29)30)24-10-6-9-23-22(24)11-12-27(23)36(31,32)21-8-5-7-20(15-21)35-4/h5-10,13-15H,11-12,16H2,1-4H3,(H,29,30). The van der Waals surface area contributed by atoms with Gasteiger partial charge in [-0.3, -0.25) is 13.4 Å². The number of aliphatic carboxylic acids is 1. The molecule has 11 heteroatoms. The number of hydrogen-bond donors (Lipinski definition) is 1. The molecule has 9 nitrogen and oxygen atoms in total. The Bertz CT molecular complexity index is 1580. The highest BCUT2D eigenvalue weighted by molar-refractivity contribution is 7.93. The molecule has 3 aromatic rings. The van der Waals surface area contributed by atoms with E-state index < -0.39 is 32.6 Å². The van der Waals surface area contributed by atoms with Gasteiger partial charge < -0.3 is 9.84 Å². The third-order valence-electron chi connectivity index (χ3n) is 6.29. The van der Waals surface area contributed by atoms with E-state index in [0.29, 0.717) is 28.1 Å². The average Bonchev–Trinajstić information content (AvgIpc) is 3.27. The van der Waals surface area contributed by atoms with Crippen LogP contribution in [0.15, 0.2) is 64.4 Å². The summed E-state index contributed by atoms with van der Waals surface area (Å²) in [5, 5.41) is 9.64. The second-order valence-corrected chi connectivity index (χ2v) is 12.6. The van der Waals surface area contributed by atoms with Gasteiger partial charge in [-0.05, 0) is 62.6 Å². The number of benzene rings is 3. The SMILES string of the molecule is COc1cccc(S(=O)(=O)N2CCc3c2cccc3N(CC(=O)O)S(=O)(=O)c2c(C)cc(C)cc2C)c1. The van der Waals surface area contributed by atoms with Crippen molar-refractivity contribution in [3.63, 3.8) is 0 Å². The highest BCUT2D eigenvalue weighted by atomic mass is 32.2. The quantitative estimate of drug-likeness (QED) is 0.459. The topological polar surface area (TPSA) is 121 Å². The molecule has 0 amide bonds. The first-order chi connectivity index (χ1) is 17.4. The Balaban J connectivity index is 1.85. The molecule has 196 valence electrons. The fourth-order valence-corrected chi connectivity index (χ4v) is 8.26. The van der Waals surface area contributed by atoms with Gasteiger partial charge in [-0.15, -0.1) is 0 Å². The lowest BCUT2D eigenvalue weighted by atomic mass is 10.1. The Morgan fingerprint density at radius 1 is 1.00 bits per heavy atom. The van der Waals surface area contributed by atoms with Crippen molar-refractivity contribution in [1.29, 1.82) is 0 Å². The van der Waals surface area contributed by atoms with E-state index in [4.69, 9.17) is 4.74 Å². The summed E-state index contributed by atoms with van der Waals surface area (Å²) in [7, 11) is -6.84. The fourth-order valence-electron chi connectivity index (χ4n) is 4.86. The minimum Gasteiger partial charge on any atom is -0.497 e. The highest BCUT2D eigenvalue weighted by Gasteiger charge is 2.37. The number of rotatable bonds is 8. The van der Waals surface area contributed by atoms with E-state index >= 15 is 0 Å². The zero-order valence-corrected chi connectivity index (χ0v) is 22.6. The first-order valence-electron chi connectivity index (χ1n) is 11.5. The lowest BCUT2D eigenvalue weighted by molar-refractivity contribution is -0.135. The molecule has 0 spiro atoms. The second-order valence-electron chi connectivity index (χ2n) is 8.91. The van der Waals surface area contributed by atoms with Gasteiger partial charge >= 0.3 is 5.97 Å². The van der Waals surface area contributed by atoms with E-state index in [0.717, 1.165) is 9.87 Å². The van der Waals surface area contributed by atoms with Crippen LogP contribution in [-0.4, -0.2) is 48.1 Å². The predicted molar refractivity (Wildman–Crippen MR) is 140 cm³/mol. The van der Waals surface area contributed by atoms with Gasteiger partial charge in [-0.1, -0.05) is 29.8 Å². The van der Waals surface area contributed by atoms with E-state index in [2.05, 4.69) is 0 Å². The largest absolute Gasteiger partial charge is 0.497 e. The average molecular weight is 545 g/mol. The normalized spacial score (nSPS) is 13.4. The minimum atomic E-state index is -4.29. The van der Waals surface area contributed by atoms with Gasteiger partial charge in [-0.25, -0.2) is 16.8 Å². The number of anilines is 2. The first-order valence-corrected chi connectivity index (χ1v) is 14.4. The molecule has 0 fully saturated rings. The van der Waals surface area contributed by atoms with Crippen LogP contribution in [0, 0.1) is 20.8 Å². The number of methoxy groups -OCH3 is 1. The van der Waals surface area contributed by atoms with Crippen LogP contribution < -0.4 is 13.3 Å². The summed E-state index contributed by atoms with van der Waals surface area (Å²) in [6, 6.07) is 14.2. The highest BCUT2D eigenvalue weighted by Crippen LogP contribution is 2.41. The number of carbonyl (C=O) groups is 1. The molecule has 0 unspecified atom stereocenters. The molecule has 37 heavy (non-hydrogen) atoms. The zero-order valence-electron chi connectivity index (χ0n) is 20.9. The van der Waals surface area contributed by atoms with Gasteiger partial charge in [0.25, 0.3) is 20.0 Å². The Labute approximate surface area is 217 Å². The summed E-state index contributed by atoms with van der Waals surface area (Å²) in [6.45, 7) is 4.46. The van der Waals surface area contributed by atoms with Crippen LogP contribution in [0.25, 0.3) is 0 Å². The van der Waals surface area contributed by atoms with Gasteiger partial charge in [0.05, 0.1) is 28.3 Å². The lowest BCUT2D eigenvalue weighted by Gasteiger charge is -2.27. The van der Waals surface area contributed by atoms with Crippen molar-refractivity contribution in [3.8, 4) is 5.75 Å². The molecule has 0 saturated carbocycles. The van der Waals surface area contributed by atoms with Crippen LogP contribution >= 0.6 is 0 Å². The fraction of sp³-hybridized carbons (Fsp3) is 0.269. The van der Waals surface area contributed by atoms with E-state index in [1.54, 1.807) is 44.2 Å². The molecule has 0 aliphatic carbocycles. The summed E-state index contributed by atoms with van der Waals surface area (Å²) in [6.07, 6.45) is 0.214. The van der Waals surface area contributed by atoms with E-state index in [-0.39, 0.29) is 28.4 Å². The molecule has 1 aliphatic rings. The molecular formula is C26H28N2O7S2. The summed E-state index contributed by atoms with van der Waals surface area (Å²) in [4.78, 5) is 11.9. The predicted octanol–water partition coefficient (Wildman–Crippen LogP) is 3.65. The van der Waals surface area contributed by atoms with Gasteiger partial charge in [0, 0.05) is 18.2 Å². The van der Waals surface area contributed by atoms with Gasteiger partial charge in [0.1, 0.15) is 12.3 Å². The first kappa shape index (κ1) is 26.5. The third kappa shape index (κ3) is 4.76. The van der Waals surface area contributed by atoms with Gasteiger partial charge in [-0.2, -0.15) is 0 Å². The number of nitrogens with zero attached hydrogens (tertiary/aromatic N) is 2. The number of hydrogen-bond acceptors (Lipinski definition) is 6. The van der Waals surface area contributed by atoms with Crippen LogP contribution in [-0.2, 0) is 31.3 Å². The van der Waals surface area contributed by atoms with Crippen molar-refractivity contribution >= 4 is 37.4 Å². The third-order valence-corrected chi connectivity index (χ3v) is 10.2. The maximum Gasteiger partial charge on any atom is 0.324 e. The van der Waals surface area contributed by atoms with Crippen molar-refractivity contribution in [1.82, 2.24) is 0 Å². The summed E-state index contributed by atoms with van der Waals surface area (Å²) >= 11 is 0. The van der Waals surface area contributed by atoms with Crippen molar-refractivity contribution in [2.24, 2.45) is 0 Å². The number of aryl methyl sites for hydroxylation is 3. The van der Waals surface area contributed by atoms with Crippen LogP contribution in [0.4, 0.5) is 11.4 Å². The van der Waals surface area contributed by atoms with Gasteiger partial charge in [0.2, 0.25) is 0 Å². The Kier molecular flexibility index (Phi) is 6.95. The smallest absolute Gasteiger partial charge is 0.324 e. The Hall–Kier alpha value is -3.57. The van der Waals surface area contributed by atoms with Gasteiger partial charge in [0.15, 0.2) is 0 Å². The lowest BCUT2D eigenvalue weighted by Crippen LogP contribution is -2.37. The molecule has 1 heterocycles. The van der Waals surface area contributed by atoms with E-state index in [1.165, 1.54) is 35.7 Å². The molecule has 3 aromatic carbocycles. The number of fused-ring (bicyclic) bond motifs is 1. The molecule has 0 aromatic heterocycles. The minimum absolute atomic E-state index is 0.0334. The van der Waals surface area contributed by atoms with Crippen molar-refractivity contribution in [3.05, 3.63) is 76.9 Å². The maximum atomic E-state index is 13.9. The van der Waals surface area contributed by atoms with Crippen molar-refractivity contribution < 1.29 is 31.5 Å². The molecule has 1 aliphatic heterocycles. The zero-order chi connectivity index (χ0) is 27.1. The molecule has 0 bridgehead atoms. The number of sulfonamides is 2. The molecule has 0 saturated heterocycles. The van der Waals surface area contributed by atoms with Crippen LogP contribution in [0.3, 0.4) is 0 Å². The van der Waals surface area contributed by atoms with E-state index in [9.17, 15) is 26.7 Å². The second kappa shape index (κ2) is 9.71. The maximum absolute atomic E-state index is 13.9. The molecule has 0 radical (unpaired) electrons. The molecule has 4 rings (SSSR count). The van der Waals surface area contributed by atoms with Crippen molar-refractivity contribution in [2.45, 2.75) is 37.0 Å². The molecular weight excluding hydrogens is 516 g/mol. The monoisotopic (exact) mass is 544 g/mol. The summed E-state index contributed by atoms with van der Waals surface area (Å²) in [5.74, 6) is -0.945. The van der Waals surface area contributed by atoms with Crippen LogP contribution in [0.2, 0.25) is 0 Å². The Morgan fingerprint density at radius 3 is 2.27 bits per heavy atom. The van der Waals surface area contributed by atoms with Crippen LogP contribution in [0.5, 0.6) is 5.75 Å².